The van der Waals surface area contributed by atoms with Gasteiger partial charge in [-0.25, -0.2) is 0 Å². The van der Waals surface area contributed by atoms with Crippen molar-refractivity contribution < 1.29 is 0 Å². The van der Waals surface area contributed by atoms with Crippen molar-refractivity contribution in [3.05, 3.63) is 11.6 Å². The molecule has 1 fully saturated rings. The van der Waals surface area contributed by atoms with Crippen LogP contribution in [0.2, 0.25) is 0 Å². The summed E-state index contributed by atoms with van der Waals surface area (Å²) in [5.74, 6) is 3.22. The van der Waals surface area contributed by atoms with E-state index in [-0.39, 0.29) is 0 Å². The van der Waals surface area contributed by atoms with Gasteiger partial charge in [-0.3, -0.25) is 4.90 Å². The second kappa shape index (κ2) is 5.00. The van der Waals surface area contributed by atoms with E-state index < -0.39 is 0 Å². The van der Waals surface area contributed by atoms with Gasteiger partial charge in [0.15, 0.2) is 0 Å². The van der Waals surface area contributed by atoms with Gasteiger partial charge in [0, 0.05) is 13.0 Å². The van der Waals surface area contributed by atoms with Crippen LogP contribution < -0.4 is 0 Å². The molecule has 0 amide bonds. The molecule has 0 N–H and O–H groups in total. The van der Waals surface area contributed by atoms with Crippen LogP contribution >= 0.6 is 0 Å². The first kappa shape index (κ1) is 12.2. The summed E-state index contributed by atoms with van der Waals surface area (Å²) in [6.07, 6.45) is 6.29. The van der Waals surface area contributed by atoms with E-state index in [2.05, 4.69) is 33.5 Å². The van der Waals surface area contributed by atoms with Crippen LogP contribution in [0.4, 0.5) is 0 Å². The zero-order chi connectivity index (χ0) is 12.5. The summed E-state index contributed by atoms with van der Waals surface area (Å²) >= 11 is 0. The topological polar surface area (TPSA) is 34.0 Å². The molecule has 1 aromatic rings. The van der Waals surface area contributed by atoms with Crippen LogP contribution in [0.25, 0.3) is 0 Å². The number of likely N-dealkylation sites (tertiary alicyclic amines) is 1. The predicted molar refractivity (Wildman–Crippen MR) is 71.3 cm³/mol. The first-order valence-electron chi connectivity index (χ1n) is 7.45. The lowest BCUT2D eigenvalue weighted by Gasteiger charge is -2.35. The number of hydrogen-bond donors (Lipinski definition) is 0. The molecule has 2 aliphatic rings. The highest BCUT2D eigenvalue weighted by Gasteiger charge is 2.30. The van der Waals surface area contributed by atoms with Gasteiger partial charge in [-0.1, -0.05) is 20.3 Å². The zero-order valence-electron chi connectivity index (χ0n) is 11.6. The monoisotopic (exact) mass is 248 g/mol. The third-order valence-corrected chi connectivity index (χ3v) is 4.53. The molecule has 1 saturated heterocycles. The Morgan fingerprint density at radius 3 is 2.94 bits per heavy atom. The predicted octanol–water partition coefficient (Wildman–Crippen LogP) is 2.41. The van der Waals surface area contributed by atoms with E-state index in [1.807, 2.05) is 0 Å². The Balaban J connectivity index is 1.89. The molecule has 0 spiro atoms. The lowest BCUT2D eigenvalue weighted by atomic mass is 9.99. The summed E-state index contributed by atoms with van der Waals surface area (Å²) < 4.78 is 2.41. The molecule has 1 aromatic heterocycles. The largest absolute Gasteiger partial charge is 0.313 e. The maximum Gasteiger partial charge on any atom is 0.150 e. The van der Waals surface area contributed by atoms with E-state index >= 15 is 0 Å². The van der Waals surface area contributed by atoms with Crippen LogP contribution in [0.15, 0.2) is 0 Å². The van der Waals surface area contributed by atoms with Crippen LogP contribution in [0.3, 0.4) is 0 Å². The summed E-state index contributed by atoms with van der Waals surface area (Å²) in [6.45, 7) is 8.06. The average molecular weight is 248 g/mol. The Labute approximate surface area is 109 Å². The van der Waals surface area contributed by atoms with Gasteiger partial charge < -0.3 is 4.57 Å². The Morgan fingerprint density at radius 1 is 1.22 bits per heavy atom. The van der Waals surface area contributed by atoms with E-state index in [0.717, 1.165) is 25.4 Å². The summed E-state index contributed by atoms with van der Waals surface area (Å²) in [4.78, 5) is 2.57. The van der Waals surface area contributed by atoms with Crippen molar-refractivity contribution in [1.82, 2.24) is 19.7 Å². The molecule has 4 heteroatoms. The van der Waals surface area contributed by atoms with Gasteiger partial charge in [-0.2, -0.15) is 0 Å². The zero-order valence-corrected chi connectivity index (χ0v) is 11.6. The molecule has 2 aliphatic heterocycles. The molecule has 2 atom stereocenters. The number of aromatic nitrogens is 3. The Bertz CT molecular complexity index is 412. The maximum absolute atomic E-state index is 4.53. The highest BCUT2D eigenvalue weighted by atomic mass is 15.3. The van der Waals surface area contributed by atoms with Gasteiger partial charge in [0.25, 0.3) is 0 Å². The van der Waals surface area contributed by atoms with Crippen LogP contribution in [0.1, 0.15) is 57.2 Å². The van der Waals surface area contributed by atoms with E-state index in [1.54, 1.807) is 0 Å². The summed E-state index contributed by atoms with van der Waals surface area (Å²) in [6, 6.07) is 0.510. The summed E-state index contributed by atoms with van der Waals surface area (Å²) in [7, 11) is 0. The van der Waals surface area contributed by atoms with Crippen molar-refractivity contribution in [2.24, 2.45) is 5.92 Å². The molecular weight excluding hydrogens is 224 g/mol. The van der Waals surface area contributed by atoms with E-state index in [1.165, 1.54) is 43.9 Å². The van der Waals surface area contributed by atoms with E-state index in [4.69, 9.17) is 0 Å². The summed E-state index contributed by atoms with van der Waals surface area (Å²) in [5, 5.41) is 8.95. The second-order valence-corrected chi connectivity index (χ2v) is 5.87. The summed E-state index contributed by atoms with van der Waals surface area (Å²) in [5.41, 5.74) is 0. The van der Waals surface area contributed by atoms with Crippen molar-refractivity contribution in [2.45, 2.75) is 58.5 Å². The molecule has 3 heterocycles. The molecule has 18 heavy (non-hydrogen) atoms. The standard InChI is InChI=1S/C14H24N4/c1-3-17-9-5-4-6-12(17)14-16-15-13-8-7-11(2)10-18(13)14/h11-12H,3-10H2,1-2H3. The highest BCUT2D eigenvalue weighted by molar-refractivity contribution is 5.05. The molecule has 4 nitrogen and oxygen atoms in total. The van der Waals surface area contributed by atoms with Crippen LogP contribution in [-0.2, 0) is 13.0 Å². The van der Waals surface area contributed by atoms with Crippen LogP contribution in [-0.4, -0.2) is 32.8 Å². The maximum atomic E-state index is 4.53. The second-order valence-electron chi connectivity index (χ2n) is 5.87. The average Bonchev–Trinajstić information content (AvgIpc) is 2.81. The minimum Gasteiger partial charge on any atom is -0.313 e. The molecule has 0 aromatic carbocycles. The lowest BCUT2D eigenvalue weighted by molar-refractivity contribution is 0.144. The molecular formula is C14H24N4. The first-order valence-corrected chi connectivity index (χ1v) is 7.45. The van der Waals surface area contributed by atoms with Crippen LogP contribution in [0.5, 0.6) is 0 Å². The number of piperidine rings is 1. The Morgan fingerprint density at radius 2 is 2.11 bits per heavy atom. The highest BCUT2D eigenvalue weighted by Crippen LogP contribution is 2.31. The minimum absolute atomic E-state index is 0.510. The molecule has 0 radical (unpaired) electrons. The Kier molecular flexibility index (Phi) is 3.37. The first-order chi connectivity index (χ1) is 8.79. The third kappa shape index (κ3) is 2.07. The fourth-order valence-electron chi connectivity index (χ4n) is 3.42. The van der Waals surface area contributed by atoms with E-state index in [9.17, 15) is 0 Å². The van der Waals surface area contributed by atoms with Crippen molar-refractivity contribution in [1.29, 1.82) is 0 Å². The number of aryl methyl sites for hydroxylation is 1. The fraction of sp³-hybridized carbons (Fsp3) is 0.857. The van der Waals surface area contributed by atoms with Crippen molar-refractivity contribution >= 4 is 0 Å². The number of rotatable bonds is 2. The van der Waals surface area contributed by atoms with Gasteiger partial charge in [0.1, 0.15) is 11.6 Å². The smallest absolute Gasteiger partial charge is 0.150 e. The number of nitrogens with zero attached hydrogens (tertiary/aromatic N) is 4. The van der Waals surface area contributed by atoms with Crippen molar-refractivity contribution in [3.8, 4) is 0 Å². The van der Waals surface area contributed by atoms with Crippen LogP contribution in [0, 0.1) is 5.92 Å². The van der Waals surface area contributed by atoms with E-state index in [0.29, 0.717) is 6.04 Å². The molecule has 100 valence electrons. The molecule has 0 saturated carbocycles. The van der Waals surface area contributed by atoms with Crippen molar-refractivity contribution in [3.63, 3.8) is 0 Å². The molecule has 0 aliphatic carbocycles. The quantitative estimate of drug-likeness (QED) is 0.806. The minimum atomic E-state index is 0.510. The van der Waals surface area contributed by atoms with Gasteiger partial charge in [-0.05, 0) is 38.3 Å². The molecule has 2 unspecified atom stereocenters. The number of fused-ring (bicyclic) bond motifs is 1. The fourth-order valence-corrected chi connectivity index (χ4v) is 3.42. The van der Waals surface area contributed by atoms with Gasteiger partial charge in [0.2, 0.25) is 0 Å². The SMILES string of the molecule is CCN1CCCCC1c1nnc2n1CC(C)CC2. The van der Waals surface area contributed by atoms with Gasteiger partial charge in [-0.15, -0.1) is 10.2 Å². The lowest BCUT2D eigenvalue weighted by Crippen LogP contribution is -2.35. The van der Waals surface area contributed by atoms with Gasteiger partial charge in [0.05, 0.1) is 6.04 Å². The molecule has 3 rings (SSSR count). The molecule has 0 bridgehead atoms. The third-order valence-electron chi connectivity index (χ3n) is 4.53. The number of hydrogen-bond acceptors (Lipinski definition) is 3. The normalized spacial score (nSPS) is 29.2. The van der Waals surface area contributed by atoms with Gasteiger partial charge >= 0.3 is 0 Å². The van der Waals surface area contributed by atoms with Crippen molar-refractivity contribution in [2.75, 3.05) is 13.1 Å². The Hall–Kier alpha value is -0.900.